The van der Waals surface area contributed by atoms with Crippen LogP contribution in [0.25, 0.3) is 0 Å². The molecule has 76 valence electrons. The lowest BCUT2D eigenvalue weighted by atomic mass is 10.2. The summed E-state index contributed by atoms with van der Waals surface area (Å²) in [5, 5.41) is 9.20. The van der Waals surface area contributed by atoms with Gasteiger partial charge >= 0.3 is 6.43 Å². The van der Waals surface area contributed by atoms with E-state index in [1.54, 1.807) is 0 Å². The van der Waals surface area contributed by atoms with Gasteiger partial charge in [0.25, 0.3) is 5.91 Å². The first-order chi connectivity index (χ1) is 6.11. The Hall–Kier alpha value is -0.710. The molecule has 0 aromatic rings. The zero-order chi connectivity index (χ0) is 9.84. The van der Waals surface area contributed by atoms with Gasteiger partial charge in [-0.15, -0.1) is 0 Å². The predicted octanol–water partition coefficient (Wildman–Crippen LogP) is 0.625. The lowest BCUT2D eigenvalue weighted by molar-refractivity contribution is -0.142. The number of aliphatic hydroxyl groups excluding tert-OH is 1. The van der Waals surface area contributed by atoms with E-state index in [1.165, 1.54) is 0 Å². The van der Waals surface area contributed by atoms with E-state index in [2.05, 4.69) is 0 Å². The third kappa shape index (κ3) is 2.91. The first-order valence-electron chi connectivity index (χ1n) is 4.36. The maximum absolute atomic E-state index is 12.0. The summed E-state index contributed by atoms with van der Waals surface area (Å²) in [5.74, 6) is -1.12. The summed E-state index contributed by atoms with van der Waals surface area (Å²) in [6.45, 7) is 0.574. The fourth-order valence-corrected chi connectivity index (χ4v) is 1.44. The van der Waals surface area contributed by atoms with Crippen molar-refractivity contribution in [1.82, 2.24) is 4.90 Å². The summed E-state index contributed by atoms with van der Waals surface area (Å²) < 4.78 is 24.0. The first kappa shape index (κ1) is 10.4. The van der Waals surface area contributed by atoms with Gasteiger partial charge in [0.2, 0.25) is 0 Å². The van der Waals surface area contributed by atoms with Crippen LogP contribution in [0.15, 0.2) is 0 Å². The molecular formula is C8H13F2NO2. The molecule has 0 bridgehead atoms. The van der Waals surface area contributed by atoms with Gasteiger partial charge in [0, 0.05) is 13.1 Å². The molecule has 3 nitrogen and oxygen atoms in total. The number of carbonyl (C=O) groups is 1. The van der Waals surface area contributed by atoms with Crippen molar-refractivity contribution in [1.29, 1.82) is 0 Å². The topological polar surface area (TPSA) is 40.5 Å². The SMILES string of the molecule is O=C(C(F)F)N1CCCC(O)CC1. The highest BCUT2D eigenvalue weighted by Crippen LogP contribution is 2.12. The molecule has 1 amide bonds. The highest BCUT2D eigenvalue weighted by molar-refractivity contribution is 5.79. The van der Waals surface area contributed by atoms with Gasteiger partial charge in [-0.3, -0.25) is 4.79 Å². The third-order valence-electron chi connectivity index (χ3n) is 2.20. The minimum Gasteiger partial charge on any atom is -0.393 e. The van der Waals surface area contributed by atoms with Crippen molar-refractivity contribution in [2.45, 2.75) is 31.8 Å². The first-order valence-corrected chi connectivity index (χ1v) is 4.36. The molecule has 0 aromatic heterocycles. The van der Waals surface area contributed by atoms with Crippen LogP contribution < -0.4 is 0 Å². The second-order valence-electron chi connectivity index (χ2n) is 3.21. The average Bonchev–Trinajstić information content (AvgIpc) is 2.28. The third-order valence-corrected chi connectivity index (χ3v) is 2.20. The fourth-order valence-electron chi connectivity index (χ4n) is 1.44. The zero-order valence-corrected chi connectivity index (χ0v) is 7.25. The molecule has 1 N–H and O–H groups in total. The Morgan fingerprint density at radius 1 is 1.38 bits per heavy atom. The normalized spacial score (nSPS) is 24.6. The van der Waals surface area contributed by atoms with E-state index < -0.39 is 18.4 Å². The highest BCUT2D eigenvalue weighted by atomic mass is 19.3. The van der Waals surface area contributed by atoms with Crippen LogP contribution in [-0.2, 0) is 4.79 Å². The Morgan fingerprint density at radius 2 is 2.08 bits per heavy atom. The van der Waals surface area contributed by atoms with Crippen LogP contribution in [0, 0.1) is 0 Å². The Labute approximate surface area is 75.3 Å². The van der Waals surface area contributed by atoms with Crippen molar-refractivity contribution < 1.29 is 18.7 Å². The van der Waals surface area contributed by atoms with Gasteiger partial charge in [0.05, 0.1) is 6.10 Å². The molecule has 1 saturated heterocycles. The molecule has 1 atom stereocenters. The smallest absolute Gasteiger partial charge is 0.315 e. The Morgan fingerprint density at radius 3 is 2.69 bits per heavy atom. The number of alkyl halides is 2. The Bertz CT molecular complexity index is 187. The van der Waals surface area contributed by atoms with Crippen molar-refractivity contribution >= 4 is 5.91 Å². The molecule has 0 saturated carbocycles. The molecule has 0 aliphatic carbocycles. The van der Waals surface area contributed by atoms with Crippen molar-refractivity contribution in [3.8, 4) is 0 Å². The van der Waals surface area contributed by atoms with Crippen LogP contribution in [0.3, 0.4) is 0 Å². The van der Waals surface area contributed by atoms with E-state index in [9.17, 15) is 18.7 Å². The second kappa shape index (κ2) is 4.50. The summed E-state index contributed by atoms with van der Waals surface area (Å²) in [7, 11) is 0. The summed E-state index contributed by atoms with van der Waals surface area (Å²) in [6.07, 6.45) is -1.78. The minimum absolute atomic E-state index is 0.240. The molecule has 1 fully saturated rings. The molecule has 0 aromatic carbocycles. The van der Waals surface area contributed by atoms with Crippen LogP contribution in [0.1, 0.15) is 19.3 Å². The van der Waals surface area contributed by atoms with Gasteiger partial charge in [-0.2, -0.15) is 8.78 Å². The summed E-state index contributed by atoms with van der Waals surface area (Å²) in [4.78, 5) is 12.0. The molecule has 1 aliphatic heterocycles. The highest BCUT2D eigenvalue weighted by Gasteiger charge is 2.25. The van der Waals surface area contributed by atoms with Crippen molar-refractivity contribution in [3.05, 3.63) is 0 Å². The molecule has 0 radical (unpaired) electrons. The minimum atomic E-state index is -2.92. The number of likely N-dealkylation sites (tertiary alicyclic amines) is 1. The fraction of sp³-hybridized carbons (Fsp3) is 0.875. The van der Waals surface area contributed by atoms with E-state index in [-0.39, 0.29) is 6.54 Å². The van der Waals surface area contributed by atoms with Gasteiger partial charge in [0.1, 0.15) is 0 Å². The number of hydrogen-bond acceptors (Lipinski definition) is 2. The van der Waals surface area contributed by atoms with Crippen LogP contribution in [0.5, 0.6) is 0 Å². The van der Waals surface area contributed by atoms with Gasteiger partial charge < -0.3 is 10.0 Å². The molecular weight excluding hydrogens is 180 g/mol. The number of amides is 1. The Kier molecular flexibility index (Phi) is 3.59. The molecule has 1 heterocycles. The van der Waals surface area contributed by atoms with Crippen LogP contribution in [0.4, 0.5) is 8.78 Å². The number of rotatable bonds is 1. The zero-order valence-electron chi connectivity index (χ0n) is 7.25. The maximum atomic E-state index is 12.0. The van der Waals surface area contributed by atoms with E-state index in [0.717, 1.165) is 4.90 Å². The largest absolute Gasteiger partial charge is 0.393 e. The molecule has 5 heteroatoms. The number of carbonyl (C=O) groups excluding carboxylic acids is 1. The van der Waals surface area contributed by atoms with Gasteiger partial charge in [-0.25, -0.2) is 0 Å². The van der Waals surface area contributed by atoms with E-state index in [1.807, 2.05) is 0 Å². The Balaban J connectivity index is 2.46. The van der Waals surface area contributed by atoms with E-state index in [0.29, 0.717) is 25.8 Å². The quantitative estimate of drug-likeness (QED) is 0.663. The second-order valence-corrected chi connectivity index (χ2v) is 3.21. The average molecular weight is 193 g/mol. The number of hydrogen-bond donors (Lipinski definition) is 1. The molecule has 0 spiro atoms. The predicted molar refractivity (Wildman–Crippen MR) is 42.4 cm³/mol. The van der Waals surface area contributed by atoms with Crippen molar-refractivity contribution in [2.24, 2.45) is 0 Å². The number of aliphatic hydroxyl groups is 1. The monoisotopic (exact) mass is 193 g/mol. The standard InChI is InChI=1S/C8H13F2NO2/c9-7(10)8(13)11-4-1-2-6(12)3-5-11/h6-7,12H,1-5H2. The molecule has 1 unspecified atom stereocenters. The maximum Gasteiger partial charge on any atom is 0.315 e. The van der Waals surface area contributed by atoms with E-state index in [4.69, 9.17) is 0 Å². The van der Waals surface area contributed by atoms with Crippen LogP contribution in [0.2, 0.25) is 0 Å². The van der Waals surface area contributed by atoms with E-state index >= 15 is 0 Å². The lowest BCUT2D eigenvalue weighted by Gasteiger charge is -2.19. The van der Waals surface area contributed by atoms with Crippen molar-refractivity contribution in [3.63, 3.8) is 0 Å². The summed E-state index contributed by atoms with van der Waals surface area (Å²) in [6, 6.07) is 0. The summed E-state index contributed by atoms with van der Waals surface area (Å²) in [5.41, 5.74) is 0. The van der Waals surface area contributed by atoms with Crippen LogP contribution >= 0.6 is 0 Å². The van der Waals surface area contributed by atoms with Gasteiger partial charge in [-0.1, -0.05) is 0 Å². The lowest BCUT2D eigenvalue weighted by Crippen LogP contribution is -2.36. The van der Waals surface area contributed by atoms with Gasteiger partial charge in [-0.05, 0) is 19.3 Å². The van der Waals surface area contributed by atoms with Crippen molar-refractivity contribution in [2.75, 3.05) is 13.1 Å². The summed E-state index contributed by atoms with van der Waals surface area (Å²) >= 11 is 0. The van der Waals surface area contributed by atoms with Gasteiger partial charge in [0.15, 0.2) is 0 Å². The molecule has 13 heavy (non-hydrogen) atoms. The molecule has 1 aliphatic rings. The van der Waals surface area contributed by atoms with Crippen LogP contribution in [-0.4, -0.2) is 41.5 Å². The number of halogens is 2. The molecule has 1 rings (SSSR count). The number of nitrogens with zero attached hydrogens (tertiary/aromatic N) is 1.